The molecule has 23 heavy (non-hydrogen) atoms. The summed E-state index contributed by atoms with van der Waals surface area (Å²) in [4.78, 5) is 25.7. The van der Waals surface area contributed by atoms with Crippen molar-refractivity contribution in [3.63, 3.8) is 0 Å². The van der Waals surface area contributed by atoms with E-state index in [2.05, 4.69) is 0 Å². The van der Waals surface area contributed by atoms with Crippen LogP contribution in [0.2, 0.25) is 0 Å². The van der Waals surface area contributed by atoms with E-state index in [0.717, 1.165) is 11.1 Å². The summed E-state index contributed by atoms with van der Waals surface area (Å²) in [5.74, 6) is -0.329. The molecule has 122 valence electrons. The third kappa shape index (κ3) is 4.99. The standard InChI is InChI=1S/C18H21NO3S/c1-14(13-23-2)8-9-17(20)19-16(10-11-22-18(19)21)12-15-6-4-3-5-7-15/h3-9,13,16H,10-12H2,1-2H3/b9-8+,14-13+. The highest BCUT2D eigenvalue weighted by molar-refractivity contribution is 8.01. The van der Waals surface area contributed by atoms with E-state index in [1.807, 2.05) is 48.9 Å². The molecule has 4 nitrogen and oxygen atoms in total. The molecule has 5 heteroatoms. The van der Waals surface area contributed by atoms with Crippen molar-refractivity contribution in [2.24, 2.45) is 0 Å². The van der Waals surface area contributed by atoms with Crippen molar-refractivity contribution < 1.29 is 14.3 Å². The SMILES string of the molecule is CS/C=C(C)/C=C/C(=O)N1C(=O)OCCC1Cc1ccccc1. The van der Waals surface area contributed by atoms with Crippen LogP contribution < -0.4 is 0 Å². The summed E-state index contributed by atoms with van der Waals surface area (Å²) < 4.78 is 5.05. The van der Waals surface area contributed by atoms with Crippen molar-refractivity contribution >= 4 is 23.8 Å². The van der Waals surface area contributed by atoms with E-state index in [0.29, 0.717) is 19.4 Å². The van der Waals surface area contributed by atoms with Gasteiger partial charge in [0.05, 0.1) is 12.6 Å². The summed E-state index contributed by atoms with van der Waals surface area (Å²) in [6.45, 7) is 2.27. The first kappa shape index (κ1) is 17.3. The second kappa shape index (κ2) is 8.58. The van der Waals surface area contributed by atoms with Gasteiger partial charge in [-0.25, -0.2) is 9.69 Å². The molecule has 1 aliphatic heterocycles. The number of hydrogen-bond acceptors (Lipinski definition) is 4. The number of nitrogens with zero attached hydrogens (tertiary/aromatic N) is 1. The number of rotatable bonds is 5. The molecule has 1 unspecified atom stereocenters. The van der Waals surface area contributed by atoms with E-state index >= 15 is 0 Å². The first-order valence-corrected chi connectivity index (χ1v) is 8.82. The highest BCUT2D eigenvalue weighted by atomic mass is 32.2. The van der Waals surface area contributed by atoms with Crippen molar-refractivity contribution in [2.45, 2.75) is 25.8 Å². The van der Waals surface area contributed by atoms with Crippen LogP contribution in [-0.4, -0.2) is 35.8 Å². The summed E-state index contributed by atoms with van der Waals surface area (Å²) in [5, 5.41) is 1.94. The zero-order valence-electron chi connectivity index (χ0n) is 13.4. The number of amides is 2. The second-order valence-corrected chi connectivity index (χ2v) is 6.09. The van der Waals surface area contributed by atoms with E-state index < -0.39 is 6.09 Å². The Hall–Kier alpha value is -2.01. The Morgan fingerprint density at radius 2 is 2.09 bits per heavy atom. The molecule has 0 radical (unpaired) electrons. The highest BCUT2D eigenvalue weighted by Crippen LogP contribution is 2.19. The Kier molecular flexibility index (Phi) is 6.47. The minimum atomic E-state index is -0.557. The summed E-state index contributed by atoms with van der Waals surface area (Å²) in [6, 6.07) is 9.71. The maximum atomic E-state index is 12.4. The molecule has 1 fully saturated rings. The maximum absolute atomic E-state index is 12.4. The molecule has 0 spiro atoms. The van der Waals surface area contributed by atoms with E-state index in [-0.39, 0.29) is 11.9 Å². The molecule has 1 saturated heterocycles. The Bertz CT molecular complexity index is 610. The van der Waals surface area contributed by atoms with Crippen LogP contribution >= 0.6 is 11.8 Å². The smallest absolute Gasteiger partial charge is 0.417 e. The first-order chi connectivity index (χ1) is 11.1. The van der Waals surface area contributed by atoms with Crippen LogP contribution in [0.4, 0.5) is 4.79 Å². The Labute approximate surface area is 141 Å². The van der Waals surface area contributed by atoms with Crippen molar-refractivity contribution in [3.8, 4) is 0 Å². The fraction of sp³-hybridized carbons (Fsp3) is 0.333. The predicted octanol–water partition coefficient (Wildman–Crippen LogP) is 3.79. The van der Waals surface area contributed by atoms with Crippen molar-refractivity contribution in [3.05, 3.63) is 59.0 Å². The van der Waals surface area contributed by atoms with Crippen LogP contribution in [0.3, 0.4) is 0 Å². The molecule has 1 aliphatic rings. The second-order valence-electron chi connectivity index (χ2n) is 5.39. The van der Waals surface area contributed by atoms with E-state index in [1.54, 1.807) is 17.8 Å². The molecule has 1 atom stereocenters. The lowest BCUT2D eigenvalue weighted by atomic mass is 10.0. The fourth-order valence-electron chi connectivity index (χ4n) is 2.49. The zero-order chi connectivity index (χ0) is 16.7. The predicted molar refractivity (Wildman–Crippen MR) is 93.2 cm³/mol. The molecule has 1 heterocycles. The Morgan fingerprint density at radius 3 is 2.78 bits per heavy atom. The lowest BCUT2D eigenvalue weighted by Crippen LogP contribution is -2.49. The van der Waals surface area contributed by atoms with Gasteiger partial charge in [-0.2, -0.15) is 0 Å². The van der Waals surface area contributed by atoms with Crippen LogP contribution in [-0.2, 0) is 16.0 Å². The van der Waals surface area contributed by atoms with Gasteiger partial charge < -0.3 is 4.74 Å². The number of ether oxygens (including phenoxy) is 1. The maximum Gasteiger partial charge on any atom is 0.417 e. The molecule has 1 aromatic carbocycles. The van der Waals surface area contributed by atoms with Crippen molar-refractivity contribution in [1.82, 2.24) is 4.90 Å². The molecule has 2 amide bonds. The molecule has 0 bridgehead atoms. The molecular weight excluding hydrogens is 310 g/mol. The van der Waals surface area contributed by atoms with Gasteiger partial charge in [0.2, 0.25) is 0 Å². The topological polar surface area (TPSA) is 46.6 Å². The lowest BCUT2D eigenvalue weighted by molar-refractivity contribution is -0.128. The highest BCUT2D eigenvalue weighted by Gasteiger charge is 2.33. The van der Waals surface area contributed by atoms with Crippen LogP contribution in [0.15, 0.2) is 53.5 Å². The third-order valence-corrected chi connectivity index (χ3v) is 4.19. The van der Waals surface area contributed by atoms with Gasteiger partial charge in [-0.3, -0.25) is 4.79 Å². The molecule has 0 aliphatic carbocycles. The van der Waals surface area contributed by atoms with E-state index in [4.69, 9.17) is 4.74 Å². The summed E-state index contributed by atoms with van der Waals surface area (Å²) in [5.41, 5.74) is 2.07. The van der Waals surface area contributed by atoms with Gasteiger partial charge in [-0.15, -0.1) is 11.8 Å². The average molecular weight is 331 g/mol. The summed E-state index contributed by atoms with van der Waals surface area (Å²) in [7, 11) is 0. The number of thioether (sulfide) groups is 1. The van der Waals surface area contributed by atoms with Crippen LogP contribution in [0, 0.1) is 0 Å². The molecular formula is C18H21NO3S. The number of imide groups is 1. The third-order valence-electron chi connectivity index (χ3n) is 3.58. The van der Waals surface area contributed by atoms with E-state index in [1.165, 1.54) is 11.0 Å². The normalized spacial score (nSPS) is 19.0. The van der Waals surface area contributed by atoms with Crippen LogP contribution in [0.1, 0.15) is 18.9 Å². The number of hydrogen-bond donors (Lipinski definition) is 0. The fourth-order valence-corrected chi connectivity index (χ4v) is 2.94. The van der Waals surface area contributed by atoms with Gasteiger partial charge in [0, 0.05) is 12.5 Å². The minimum absolute atomic E-state index is 0.166. The zero-order valence-corrected chi connectivity index (χ0v) is 14.2. The Balaban J connectivity index is 2.12. The van der Waals surface area contributed by atoms with Crippen LogP contribution in [0.5, 0.6) is 0 Å². The monoisotopic (exact) mass is 331 g/mol. The van der Waals surface area contributed by atoms with Gasteiger partial charge >= 0.3 is 6.09 Å². The number of allylic oxidation sites excluding steroid dienone is 2. The van der Waals surface area contributed by atoms with Crippen molar-refractivity contribution in [1.29, 1.82) is 0 Å². The average Bonchev–Trinajstić information content (AvgIpc) is 2.54. The molecule has 1 aromatic rings. The number of carbonyl (C=O) groups excluding carboxylic acids is 2. The number of carbonyl (C=O) groups is 2. The first-order valence-electron chi connectivity index (χ1n) is 7.53. The quantitative estimate of drug-likeness (QED) is 0.608. The molecule has 0 N–H and O–H groups in total. The van der Waals surface area contributed by atoms with Gasteiger partial charge in [-0.1, -0.05) is 36.4 Å². The van der Waals surface area contributed by atoms with Crippen LogP contribution in [0.25, 0.3) is 0 Å². The molecule has 0 aromatic heterocycles. The lowest BCUT2D eigenvalue weighted by Gasteiger charge is -2.32. The van der Waals surface area contributed by atoms with Crippen molar-refractivity contribution in [2.75, 3.05) is 12.9 Å². The molecule has 2 rings (SSSR count). The Morgan fingerprint density at radius 1 is 1.35 bits per heavy atom. The van der Waals surface area contributed by atoms with E-state index in [9.17, 15) is 9.59 Å². The van der Waals surface area contributed by atoms with Gasteiger partial charge in [-0.05, 0) is 36.1 Å². The van der Waals surface area contributed by atoms with Gasteiger partial charge in [0.1, 0.15) is 0 Å². The number of benzene rings is 1. The van der Waals surface area contributed by atoms with Gasteiger partial charge in [0.15, 0.2) is 0 Å². The summed E-state index contributed by atoms with van der Waals surface area (Å²) in [6.07, 6.45) is 5.86. The minimum Gasteiger partial charge on any atom is -0.449 e. The summed E-state index contributed by atoms with van der Waals surface area (Å²) >= 11 is 1.57. The molecule has 0 saturated carbocycles. The van der Waals surface area contributed by atoms with Gasteiger partial charge in [0.25, 0.3) is 5.91 Å². The number of cyclic esters (lactones) is 1. The largest absolute Gasteiger partial charge is 0.449 e.